The zero-order valence-corrected chi connectivity index (χ0v) is 13.1. The Kier molecular flexibility index (Phi) is 7.41. The van der Waals surface area contributed by atoms with Crippen molar-refractivity contribution < 1.29 is 9.53 Å². The van der Waals surface area contributed by atoms with Crippen LogP contribution in [0.1, 0.15) is 13.8 Å². The van der Waals surface area contributed by atoms with Gasteiger partial charge in [0.25, 0.3) is 0 Å². The van der Waals surface area contributed by atoms with E-state index >= 15 is 0 Å². The second-order valence-electron chi connectivity index (χ2n) is 4.77. The average Bonchev–Trinajstić information content (AvgIpc) is 2.43. The molecule has 4 nitrogen and oxygen atoms in total. The number of nitrogens with zero attached hydrogens (tertiary/aromatic N) is 1. The van der Waals surface area contributed by atoms with Crippen molar-refractivity contribution in [1.82, 2.24) is 10.2 Å². The van der Waals surface area contributed by atoms with Crippen LogP contribution < -0.4 is 10.1 Å². The maximum atomic E-state index is 12.1. The lowest BCUT2D eigenvalue weighted by Gasteiger charge is -2.21. The van der Waals surface area contributed by atoms with E-state index in [1.165, 1.54) is 0 Å². The van der Waals surface area contributed by atoms with Gasteiger partial charge in [0.1, 0.15) is 12.4 Å². The molecule has 0 spiro atoms. The number of likely N-dealkylation sites (N-methyl/N-ethyl adjacent to an activating group) is 1. The summed E-state index contributed by atoms with van der Waals surface area (Å²) in [5.74, 6) is 0.825. The van der Waals surface area contributed by atoms with Crippen LogP contribution in [-0.2, 0) is 4.79 Å². The first-order chi connectivity index (χ1) is 9.54. The highest BCUT2D eigenvalue weighted by molar-refractivity contribution is 6.30. The molecule has 1 atom stereocenters. The van der Waals surface area contributed by atoms with Crippen LogP contribution in [0, 0.1) is 5.92 Å². The molecule has 0 saturated carbocycles. The number of amides is 1. The van der Waals surface area contributed by atoms with Crippen LogP contribution in [0.25, 0.3) is 0 Å². The molecule has 0 aliphatic carbocycles. The van der Waals surface area contributed by atoms with Crippen LogP contribution in [-0.4, -0.2) is 44.1 Å². The van der Waals surface area contributed by atoms with Crippen molar-refractivity contribution in [2.75, 3.05) is 33.3 Å². The number of rotatable bonds is 8. The molecule has 0 aliphatic rings. The van der Waals surface area contributed by atoms with Crippen molar-refractivity contribution in [3.63, 3.8) is 0 Å². The van der Waals surface area contributed by atoms with Crippen molar-refractivity contribution in [3.8, 4) is 5.75 Å². The molecule has 0 aromatic heterocycles. The molecule has 1 N–H and O–H groups in total. The molecule has 0 aliphatic heterocycles. The Morgan fingerprint density at radius 3 is 2.90 bits per heavy atom. The normalized spacial score (nSPS) is 12.0. The topological polar surface area (TPSA) is 41.6 Å². The summed E-state index contributed by atoms with van der Waals surface area (Å²) in [6, 6.07) is 7.25. The number of halogens is 1. The fraction of sp³-hybridized carbons (Fsp3) is 0.533. The molecule has 1 amide bonds. The molecule has 0 radical (unpaired) electrons. The largest absolute Gasteiger partial charge is 0.492 e. The molecular weight excluding hydrogens is 276 g/mol. The van der Waals surface area contributed by atoms with Crippen LogP contribution in [0.4, 0.5) is 0 Å². The number of carbonyl (C=O) groups excluding carboxylic acids is 1. The van der Waals surface area contributed by atoms with Crippen LogP contribution in [0.3, 0.4) is 0 Å². The van der Waals surface area contributed by atoms with Crippen LogP contribution >= 0.6 is 11.6 Å². The monoisotopic (exact) mass is 298 g/mol. The Hall–Kier alpha value is -1.26. The molecule has 1 aromatic carbocycles. The van der Waals surface area contributed by atoms with Gasteiger partial charge in [-0.2, -0.15) is 0 Å². The third kappa shape index (κ3) is 5.80. The van der Waals surface area contributed by atoms with E-state index in [0.29, 0.717) is 24.7 Å². The molecular formula is C15H23ClN2O2. The number of carbonyl (C=O) groups is 1. The Bertz CT molecular complexity index is 426. The predicted octanol–water partition coefficient (Wildman–Crippen LogP) is 2.42. The number of benzene rings is 1. The maximum absolute atomic E-state index is 12.1. The van der Waals surface area contributed by atoms with Crippen molar-refractivity contribution in [1.29, 1.82) is 0 Å². The predicted molar refractivity (Wildman–Crippen MR) is 82.3 cm³/mol. The van der Waals surface area contributed by atoms with Gasteiger partial charge >= 0.3 is 0 Å². The van der Waals surface area contributed by atoms with Crippen LogP contribution in [0.15, 0.2) is 24.3 Å². The zero-order valence-electron chi connectivity index (χ0n) is 12.4. The SMILES string of the molecule is CCNCC(C)C(=O)N(C)CCOc1cccc(Cl)c1. The van der Waals surface area contributed by atoms with Gasteiger partial charge in [-0.3, -0.25) is 4.79 Å². The van der Waals surface area contributed by atoms with E-state index in [4.69, 9.17) is 16.3 Å². The lowest BCUT2D eigenvalue weighted by molar-refractivity contribution is -0.133. The van der Waals surface area contributed by atoms with E-state index in [0.717, 1.165) is 12.3 Å². The smallest absolute Gasteiger partial charge is 0.226 e. The van der Waals surface area contributed by atoms with Crippen molar-refractivity contribution in [2.24, 2.45) is 5.92 Å². The fourth-order valence-corrected chi connectivity index (χ4v) is 1.97. The molecule has 5 heteroatoms. The van der Waals surface area contributed by atoms with E-state index < -0.39 is 0 Å². The van der Waals surface area contributed by atoms with Gasteiger partial charge in [0.15, 0.2) is 0 Å². The number of hydrogen-bond acceptors (Lipinski definition) is 3. The van der Waals surface area contributed by atoms with Gasteiger partial charge in [-0.1, -0.05) is 31.5 Å². The first-order valence-electron chi connectivity index (χ1n) is 6.88. The quantitative estimate of drug-likeness (QED) is 0.801. The minimum Gasteiger partial charge on any atom is -0.492 e. The molecule has 0 heterocycles. The first kappa shape index (κ1) is 16.8. The second-order valence-corrected chi connectivity index (χ2v) is 5.21. The molecule has 0 bridgehead atoms. The lowest BCUT2D eigenvalue weighted by Crippen LogP contribution is -2.38. The summed E-state index contributed by atoms with van der Waals surface area (Å²) >= 11 is 5.88. The van der Waals surface area contributed by atoms with E-state index in [-0.39, 0.29) is 11.8 Å². The Balaban J connectivity index is 2.32. The maximum Gasteiger partial charge on any atom is 0.226 e. The number of hydrogen-bond donors (Lipinski definition) is 1. The van der Waals surface area contributed by atoms with Gasteiger partial charge in [0.05, 0.1) is 6.54 Å². The standard InChI is InChI=1S/C15H23ClN2O2/c1-4-17-11-12(2)15(19)18(3)8-9-20-14-7-5-6-13(16)10-14/h5-7,10,12,17H,4,8-9,11H2,1-3H3. The van der Waals surface area contributed by atoms with Crippen molar-refractivity contribution >= 4 is 17.5 Å². The third-order valence-corrected chi connectivity index (χ3v) is 3.22. The fourth-order valence-electron chi connectivity index (χ4n) is 1.79. The molecule has 112 valence electrons. The highest BCUT2D eigenvalue weighted by Gasteiger charge is 2.16. The van der Waals surface area contributed by atoms with E-state index in [1.807, 2.05) is 26.0 Å². The first-order valence-corrected chi connectivity index (χ1v) is 7.26. The van der Waals surface area contributed by atoms with Gasteiger partial charge in [0.2, 0.25) is 5.91 Å². The zero-order chi connectivity index (χ0) is 15.0. The summed E-state index contributed by atoms with van der Waals surface area (Å²) in [5, 5.41) is 3.82. The third-order valence-electron chi connectivity index (χ3n) is 2.99. The summed E-state index contributed by atoms with van der Waals surface area (Å²) in [6.07, 6.45) is 0. The Morgan fingerprint density at radius 2 is 2.25 bits per heavy atom. The van der Waals surface area contributed by atoms with Gasteiger partial charge in [0, 0.05) is 24.5 Å². The Labute approximate surface area is 126 Å². The van der Waals surface area contributed by atoms with Gasteiger partial charge in [-0.05, 0) is 24.7 Å². The van der Waals surface area contributed by atoms with Crippen LogP contribution in [0.5, 0.6) is 5.75 Å². The van der Waals surface area contributed by atoms with Crippen molar-refractivity contribution in [3.05, 3.63) is 29.3 Å². The number of ether oxygens (including phenoxy) is 1. The van der Waals surface area contributed by atoms with E-state index in [1.54, 1.807) is 24.1 Å². The van der Waals surface area contributed by atoms with Gasteiger partial charge < -0.3 is 15.0 Å². The average molecular weight is 299 g/mol. The van der Waals surface area contributed by atoms with Gasteiger partial charge in [-0.25, -0.2) is 0 Å². The summed E-state index contributed by atoms with van der Waals surface area (Å²) in [7, 11) is 1.80. The molecule has 0 fully saturated rings. The minimum absolute atomic E-state index is 0.0221. The number of nitrogens with one attached hydrogen (secondary N) is 1. The summed E-state index contributed by atoms with van der Waals surface area (Å²) in [5.41, 5.74) is 0. The summed E-state index contributed by atoms with van der Waals surface area (Å²) in [6.45, 7) is 6.55. The highest BCUT2D eigenvalue weighted by atomic mass is 35.5. The van der Waals surface area contributed by atoms with E-state index in [9.17, 15) is 4.79 Å². The summed E-state index contributed by atoms with van der Waals surface area (Å²) in [4.78, 5) is 13.8. The molecule has 1 rings (SSSR count). The van der Waals surface area contributed by atoms with E-state index in [2.05, 4.69) is 5.32 Å². The molecule has 0 saturated heterocycles. The summed E-state index contributed by atoms with van der Waals surface area (Å²) < 4.78 is 5.57. The molecule has 1 unspecified atom stereocenters. The lowest BCUT2D eigenvalue weighted by atomic mass is 10.1. The second kappa shape index (κ2) is 8.82. The Morgan fingerprint density at radius 1 is 1.50 bits per heavy atom. The van der Waals surface area contributed by atoms with Crippen LogP contribution in [0.2, 0.25) is 5.02 Å². The molecule has 20 heavy (non-hydrogen) atoms. The van der Waals surface area contributed by atoms with Crippen molar-refractivity contribution in [2.45, 2.75) is 13.8 Å². The molecule has 1 aromatic rings. The highest BCUT2D eigenvalue weighted by Crippen LogP contribution is 2.16. The van der Waals surface area contributed by atoms with Gasteiger partial charge in [-0.15, -0.1) is 0 Å². The minimum atomic E-state index is -0.0221.